The first kappa shape index (κ1) is 25.1. The lowest BCUT2D eigenvalue weighted by molar-refractivity contribution is -0.120. The fourth-order valence-corrected chi connectivity index (χ4v) is 5.46. The maximum atomic E-state index is 13.5. The lowest BCUT2D eigenvalue weighted by atomic mass is 9.97. The zero-order chi connectivity index (χ0) is 24.0. The van der Waals surface area contributed by atoms with Crippen LogP contribution in [-0.4, -0.2) is 20.9 Å². The van der Waals surface area contributed by atoms with Gasteiger partial charge in [0.1, 0.15) is 6.54 Å². The predicted octanol–water partition coefficient (Wildman–Crippen LogP) is 6.09. The summed E-state index contributed by atoms with van der Waals surface area (Å²) in [5.74, 6) is -0.105. The maximum Gasteiger partial charge on any atom is 0.264 e. The summed E-state index contributed by atoms with van der Waals surface area (Å²) in [6.07, 6.45) is 0.712. The number of carbonyl (C=O) groups excluding carboxylic acids is 1. The molecule has 0 heterocycles. The number of carbonyl (C=O) groups is 1. The van der Waals surface area contributed by atoms with Crippen molar-refractivity contribution in [3.63, 3.8) is 0 Å². The van der Waals surface area contributed by atoms with Gasteiger partial charge >= 0.3 is 0 Å². The molecule has 174 valence electrons. The molecule has 0 radical (unpaired) electrons. The van der Waals surface area contributed by atoms with Gasteiger partial charge in [0.15, 0.2) is 0 Å². The summed E-state index contributed by atoms with van der Waals surface area (Å²) < 4.78 is 28.0. The Morgan fingerprint density at radius 3 is 2.00 bits per heavy atom. The van der Waals surface area contributed by atoms with Crippen molar-refractivity contribution in [1.82, 2.24) is 5.32 Å². The van der Waals surface area contributed by atoms with E-state index in [-0.39, 0.29) is 26.7 Å². The Hall–Kier alpha value is -2.54. The van der Waals surface area contributed by atoms with Crippen LogP contribution in [0.2, 0.25) is 10.0 Å². The predicted molar refractivity (Wildman–Crippen MR) is 134 cm³/mol. The highest BCUT2D eigenvalue weighted by Gasteiger charge is 2.28. The summed E-state index contributed by atoms with van der Waals surface area (Å²) >= 11 is 12.3. The van der Waals surface area contributed by atoms with Crippen LogP contribution in [0.3, 0.4) is 0 Å². The topological polar surface area (TPSA) is 66.5 Å². The Morgan fingerprint density at radius 1 is 0.909 bits per heavy atom. The van der Waals surface area contributed by atoms with E-state index < -0.39 is 22.5 Å². The molecule has 1 atom stereocenters. The second kappa shape index (κ2) is 11.1. The molecular formula is C25H26Cl2N2O3S. The van der Waals surface area contributed by atoms with Gasteiger partial charge in [0.05, 0.1) is 16.6 Å². The number of sulfonamides is 1. The largest absolute Gasteiger partial charge is 0.348 e. The number of hydrogen-bond acceptors (Lipinski definition) is 3. The Morgan fingerprint density at radius 2 is 1.45 bits per heavy atom. The molecule has 0 aromatic heterocycles. The molecule has 0 aliphatic carbocycles. The summed E-state index contributed by atoms with van der Waals surface area (Å²) in [5.41, 5.74) is 1.18. The Labute approximate surface area is 205 Å². The molecule has 1 amide bonds. The standard InChI is InChI=1S/C25H26Cl2N2O3S/c1-18(2)13-24(19-9-5-3-6-10-19)28-25(30)17-29(22-15-20(26)14-21(27)16-22)33(31,32)23-11-7-4-8-12-23/h3-12,14-16,18,24H,13,17H2,1-2H3,(H,28,30)/t24-/m1/s1. The van der Waals surface area contributed by atoms with Gasteiger partial charge in [0, 0.05) is 10.0 Å². The molecule has 0 aliphatic heterocycles. The van der Waals surface area contributed by atoms with E-state index in [1.54, 1.807) is 18.2 Å². The van der Waals surface area contributed by atoms with E-state index in [1.807, 2.05) is 30.3 Å². The third-order valence-electron chi connectivity index (χ3n) is 5.00. The molecule has 8 heteroatoms. The van der Waals surface area contributed by atoms with Crippen molar-refractivity contribution in [3.8, 4) is 0 Å². The lowest BCUT2D eigenvalue weighted by Gasteiger charge is -2.27. The highest BCUT2D eigenvalue weighted by Crippen LogP contribution is 2.30. The van der Waals surface area contributed by atoms with Crippen LogP contribution in [0.5, 0.6) is 0 Å². The maximum absolute atomic E-state index is 13.5. The smallest absolute Gasteiger partial charge is 0.264 e. The molecule has 0 bridgehead atoms. The number of nitrogens with zero attached hydrogens (tertiary/aromatic N) is 1. The number of nitrogens with one attached hydrogen (secondary N) is 1. The van der Waals surface area contributed by atoms with Crippen LogP contribution in [0, 0.1) is 5.92 Å². The lowest BCUT2D eigenvalue weighted by Crippen LogP contribution is -2.42. The van der Waals surface area contributed by atoms with Gasteiger partial charge in [-0.1, -0.05) is 85.6 Å². The fraction of sp³-hybridized carbons (Fsp3) is 0.240. The zero-order valence-corrected chi connectivity index (χ0v) is 20.7. The molecule has 0 spiro atoms. The van der Waals surface area contributed by atoms with Gasteiger partial charge < -0.3 is 5.32 Å². The molecule has 3 rings (SSSR count). The van der Waals surface area contributed by atoms with Crippen molar-refractivity contribution in [1.29, 1.82) is 0 Å². The van der Waals surface area contributed by atoms with E-state index in [0.29, 0.717) is 12.3 Å². The fourth-order valence-electron chi connectivity index (χ4n) is 3.52. The third-order valence-corrected chi connectivity index (χ3v) is 7.22. The summed E-state index contributed by atoms with van der Waals surface area (Å²) in [5, 5.41) is 3.55. The van der Waals surface area contributed by atoms with Crippen LogP contribution in [0.25, 0.3) is 0 Å². The van der Waals surface area contributed by atoms with E-state index in [0.717, 1.165) is 9.87 Å². The van der Waals surface area contributed by atoms with Gasteiger partial charge in [-0.3, -0.25) is 9.10 Å². The first-order valence-electron chi connectivity index (χ1n) is 10.5. The van der Waals surface area contributed by atoms with Gasteiger partial charge in [-0.15, -0.1) is 0 Å². The number of halogens is 2. The monoisotopic (exact) mass is 504 g/mol. The average Bonchev–Trinajstić information content (AvgIpc) is 2.77. The molecule has 5 nitrogen and oxygen atoms in total. The van der Waals surface area contributed by atoms with Crippen molar-refractivity contribution in [2.45, 2.75) is 31.2 Å². The van der Waals surface area contributed by atoms with Crippen LogP contribution in [0.1, 0.15) is 31.9 Å². The van der Waals surface area contributed by atoms with Crippen LogP contribution in [-0.2, 0) is 14.8 Å². The van der Waals surface area contributed by atoms with Gasteiger partial charge in [-0.05, 0) is 48.2 Å². The summed E-state index contributed by atoms with van der Waals surface area (Å²) in [6.45, 7) is 3.72. The minimum absolute atomic E-state index is 0.0655. The van der Waals surface area contributed by atoms with Gasteiger partial charge in [0.2, 0.25) is 5.91 Å². The van der Waals surface area contributed by atoms with Crippen LogP contribution in [0.4, 0.5) is 5.69 Å². The number of benzene rings is 3. The third kappa shape index (κ3) is 6.73. The quantitative estimate of drug-likeness (QED) is 0.383. The Bertz CT molecular complexity index is 1170. The van der Waals surface area contributed by atoms with Gasteiger partial charge in [-0.2, -0.15) is 0 Å². The highest BCUT2D eigenvalue weighted by molar-refractivity contribution is 7.92. The Kier molecular flexibility index (Phi) is 8.40. The van der Waals surface area contributed by atoms with Gasteiger partial charge in [-0.25, -0.2) is 8.42 Å². The summed E-state index contributed by atoms with van der Waals surface area (Å²) in [7, 11) is -4.05. The zero-order valence-electron chi connectivity index (χ0n) is 18.4. The Balaban J connectivity index is 1.95. The number of anilines is 1. The summed E-state index contributed by atoms with van der Waals surface area (Å²) in [4.78, 5) is 13.2. The second-order valence-corrected chi connectivity index (χ2v) is 10.8. The molecule has 3 aromatic carbocycles. The van der Waals surface area contributed by atoms with Crippen molar-refractivity contribution < 1.29 is 13.2 Å². The minimum Gasteiger partial charge on any atom is -0.348 e. The molecule has 3 aromatic rings. The molecule has 1 N–H and O–H groups in total. The van der Waals surface area contributed by atoms with E-state index in [2.05, 4.69) is 19.2 Å². The normalized spacial score (nSPS) is 12.4. The molecule has 0 unspecified atom stereocenters. The molecule has 0 saturated heterocycles. The number of amides is 1. The van der Waals surface area contributed by atoms with Crippen LogP contribution < -0.4 is 9.62 Å². The number of hydrogen-bond donors (Lipinski definition) is 1. The second-order valence-electron chi connectivity index (χ2n) is 8.11. The molecular weight excluding hydrogens is 479 g/mol. The van der Waals surface area contributed by atoms with Crippen LogP contribution in [0.15, 0.2) is 83.8 Å². The van der Waals surface area contributed by atoms with Crippen molar-refractivity contribution in [2.24, 2.45) is 5.92 Å². The summed E-state index contributed by atoms with van der Waals surface area (Å²) in [6, 6.07) is 21.8. The first-order valence-corrected chi connectivity index (χ1v) is 12.7. The number of rotatable bonds is 9. The van der Waals surface area contributed by atoms with E-state index in [9.17, 15) is 13.2 Å². The minimum atomic E-state index is -4.05. The van der Waals surface area contributed by atoms with Crippen molar-refractivity contribution in [3.05, 3.63) is 94.5 Å². The van der Waals surface area contributed by atoms with E-state index in [4.69, 9.17) is 23.2 Å². The van der Waals surface area contributed by atoms with Crippen molar-refractivity contribution in [2.75, 3.05) is 10.8 Å². The average molecular weight is 505 g/mol. The molecule has 0 fully saturated rings. The van der Waals surface area contributed by atoms with E-state index in [1.165, 1.54) is 30.3 Å². The van der Waals surface area contributed by atoms with E-state index >= 15 is 0 Å². The SMILES string of the molecule is CC(C)C[C@@H](NC(=O)CN(c1cc(Cl)cc(Cl)c1)S(=O)(=O)c1ccccc1)c1ccccc1. The molecule has 0 aliphatic rings. The molecule has 0 saturated carbocycles. The van der Waals surface area contributed by atoms with Crippen molar-refractivity contribution >= 4 is 44.8 Å². The highest BCUT2D eigenvalue weighted by atomic mass is 35.5. The molecule has 33 heavy (non-hydrogen) atoms. The van der Waals surface area contributed by atoms with Crippen LogP contribution >= 0.6 is 23.2 Å². The van der Waals surface area contributed by atoms with Gasteiger partial charge in [0.25, 0.3) is 10.0 Å². The first-order chi connectivity index (χ1) is 15.7.